The minimum absolute atomic E-state index is 0.257. The van der Waals surface area contributed by atoms with Crippen molar-refractivity contribution in [1.29, 1.82) is 0 Å². The van der Waals surface area contributed by atoms with E-state index in [0.29, 0.717) is 16.1 Å². The van der Waals surface area contributed by atoms with Crippen LogP contribution in [-0.2, 0) is 25.5 Å². The largest absolute Gasteiger partial charge is 0.467 e. The minimum Gasteiger partial charge on any atom is -0.467 e. The molecule has 2 aromatic carbocycles. The summed E-state index contributed by atoms with van der Waals surface area (Å²) in [7, 11) is 1.24. The smallest absolute Gasteiger partial charge is 0.338 e. The lowest BCUT2D eigenvalue weighted by molar-refractivity contribution is -0.145. The molecule has 30 heavy (non-hydrogen) atoms. The second-order valence-electron chi connectivity index (χ2n) is 6.45. The van der Waals surface area contributed by atoms with E-state index >= 15 is 0 Å². The van der Waals surface area contributed by atoms with Gasteiger partial charge in [0.1, 0.15) is 11.2 Å². The fourth-order valence-electron chi connectivity index (χ4n) is 2.86. The lowest BCUT2D eigenvalue weighted by Crippen LogP contribution is -2.44. The number of methoxy groups -OCH3 is 1. The van der Waals surface area contributed by atoms with Crippen LogP contribution in [0.4, 0.5) is 0 Å². The Morgan fingerprint density at radius 1 is 1.07 bits per heavy atom. The summed E-state index contributed by atoms with van der Waals surface area (Å²) in [4.78, 5) is 40.7. The van der Waals surface area contributed by atoms with E-state index in [1.165, 1.54) is 7.11 Å². The molecule has 0 aliphatic rings. The van der Waals surface area contributed by atoms with Crippen LogP contribution in [0.2, 0.25) is 5.15 Å². The van der Waals surface area contributed by atoms with Crippen LogP contribution in [0.5, 0.6) is 0 Å². The maximum atomic E-state index is 12.3. The number of benzene rings is 2. The van der Waals surface area contributed by atoms with Crippen molar-refractivity contribution in [2.24, 2.45) is 0 Å². The second kappa shape index (κ2) is 9.84. The number of halogens is 1. The highest BCUT2D eigenvalue weighted by Crippen LogP contribution is 2.17. The molecule has 3 aromatic rings. The van der Waals surface area contributed by atoms with E-state index in [9.17, 15) is 14.4 Å². The van der Waals surface area contributed by atoms with Crippen LogP contribution >= 0.6 is 11.6 Å². The topological polar surface area (TPSA) is 94.6 Å². The van der Waals surface area contributed by atoms with Crippen molar-refractivity contribution in [2.45, 2.75) is 12.5 Å². The van der Waals surface area contributed by atoms with E-state index in [4.69, 9.17) is 21.1 Å². The van der Waals surface area contributed by atoms with Crippen molar-refractivity contribution in [3.05, 3.63) is 76.9 Å². The van der Waals surface area contributed by atoms with Crippen molar-refractivity contribution in [3.8, 4) is 0 Å². The fourth-order valence-corrected chi connectivity index (χ4v) is 3.02. The van der Waals surface area contributed by atoms with Crippen LogP contribution in [0.1, 0.15) is 15.9 Å². The minimum atomic E-state index is -0.889. The summed E-state index contributed by atoms with van der Waals surface area (Å²) in [5.41, 5.74) is 1.77. The molecule has 154 valence electrons. The third-order valence-corrected chi connectivity index (χ3v) is 4.54. The highest BCUT2D eigenvalue weighted by atomic mass is 35.5. The highest BCUT2D eigenvalue weighted by molar-refractivity contribution is 6.29. The summed E-state index contributed by atoms with van der Waals surface area (Å²) >= 11 is 5.85. The SMILES string of the molecule is COC(=O)C(Cc1ccccc1)NC(=O)COC(=O)c1ccc2nc(Cl)ccc2c1. The summed E-state index contributed by atoms with van der Waals surface area (Å²) in [5.74, 6) is -1.86. The summed E-state index contributed by atoms with van der Waals surface area (Å²) in [6.07, 6.45) is 0.257. The van der Waals surface area contributed by atoms with Gasteiger partial charge < -0.3 is 14.8 Å². The maximum Gasteiger partial charge on any atom is 0.338 e. The molecule has 0 aliphatic heterocycles. The fraction of sp³-hybridized carbons (Fsp3) is 0.182. The van der Waals surface area contributed by atoms with E-state index < -0.39 is 30.5 Å². The number of pyridine rings is 1. The van der Waals surface area contributed by atoms with Crippen molar-refractivity contribution >= 4 is 40.3 Å². The molecule has 0 fully saturated rings. The number of amides is 1. The normalized spacial score (nSPS) is 11.5. The van der Waals surface area contributed by atoms with Gasteiger partial charge in [-0.15, -0.1) is 0 Å². The van der Waals surface area contributed by atoms with Crippen molar-refractivity contribution < 1.29 is 23.9 Å². The summed E-state index contributed by atoms with van der Waals surface area (Å²) in [6, 6.07) is 16.4. The molecule has 8 heteroatoms. The van der Waals surface area contributed by atoms with Gasteiger partial charge in [-0.3, -0.25) is 4.79 Å². The van der Waals surface area contributed by atoms with E-state index in [1.54, 1.807) is 30.3 Å². The summed E-state index contributed by atoms with van der Waals surface area (Å²) < 4.78 is 9.83. The van der Waals surface area contributed by atoms with E-state index in [-0.39, 0.29) is 12.0 Å². The van der Waals surface area contributed by atoms with Gasteiger partial charge in [-0.05, 0) is 35.9 Å². The Morgan fingerprint density at radius 3 is 2.57 bits per heavy atom. The van der Waals surface area contributed by atoms with Gasteiger partial charge in [-0.1, -0.05) is 41.9 Å². The average Bonchev–Trinajstić information content (AvgIpc) is 2.76. The Kier molecular flexibility index (Phi) is 6.98. The molecule has 1 heterocycles. The molecule has 1 atom stereocenters. The molecule has 3 rings (SSSR count). The molecular formula is C22H19ClN2O5. The van der Waals surface area contributed by atoms with Crippen molar-refractivity contribution in [1.82, 2.24) is 10.3 Å². The zero-order valence-electron chi connectivity index (χ0n) is 16.1. The van der Waals surface area contributed by atoms with Gasteiger partial charge in [0.05, 0.1) is 18.2 Å². The lowest BCUT2D eigenvalue weighted by atomic mass is 10.1. The Labute approximate surface area is 178 Å². The number of nitrogens with zero attached hydrogens (tertiary/aromatic N) is 1. The number of nitrogens with one attached hydrogen (secondary N) is 1. The molecule has 0 bridgehead atoms. The Bertz CT molecular complexity index is 1070. The first kappa shape index (κ1) is 21.3. The van der Waals surface area contributed by atoms with Crippen LogP contribution < -0.4 is 5.32 Å². The number of ether oxygens (including phenoxy) is 2. The number of carbonyl (C=O) groups is 3. The predicted molar refractivity (Wildman–Crippen MR) is 111 cm³/mol. The first-order chi connectivity index (χ1) is 14.5. The molecular weight excluding hydrogens is 408 g/mol. The Morgan fingerprint density at radius 2 is 1.83 bits per heavy atom. The number of esters is 2. The van der Waals surface area contributed by atoms with Gasteiger partial charge in [-0.25, -0.2) is 14.6 Å². The van der Waals surface area contributed by atoms with Crippen LogP contribution in [0.3, 0.4) is 0 Å². The molecule has 1 unspecified atom stereocenters. The third kappa shape index (κ3) is 5.55. The van der Waals surface area contributed by atoms with Gasteiger partial charge in [0.15, 0.2) is 6.61 Å². The monoisotopic (exact) mass is 426 g/mol. The molecule has 0 spiro atoms. The van der Waals surface area contributed by atoms with Crippen molar-refractivity contribution in [3.63, 3.8) is 0 Å². The second-order valence-corrected chi connectivity index (χ2v) is 6.84. The standard InChI is InChI=1S/C22H19ClN2O5/c1-29-22(28)18(11-14-5-3-2-4-6-14)25-20(26)13-30-21(27)16-7-9-17-15(12-16)8-10-19(23)24-17/h2-10,12,18H,11,13H2,1H3,(H,25,26). The van der Waals surface area contributed by atoms with Gasteiger partial charge in [-0.2, -0.15) is 0 Å². The highest BCUT2D eigenvalue weighted by Gasteiger charge is 2.22. The van der Waals surface area contributed by atoms with Gasteiger partial charge in [0.2, 0.25) is 0 Å². The van der Waals surface area contributed by atoms with Crippen molar-refractivity contribution in [2.75, 3.05) is 13.7 Å². The zero-order chi connectivity index (χ0) is 21.5. The molecule has 1 N–H and O–H groups in total. The summed E-state index contributed by atoms with van der Waals surface area (Å²) in [6.45, 7) is -0.530. The first-order valence-electron chi connectivity index (χ1n) is 9.11. The average molecular weight is 427 g/mol. The number of aromatic nitrogens is 1. The Balaban J connectivity index is 1.59. The molecule has 1 aromatic heterocycles. The number of carbonyl (C=O) groups excluding carboxylic acids is 3. The van der Waals surface area contributed by atoms with Crippen LogP contribution in [-0.4, -0.2) is 42.6 Å². The van der Waals surface area contributed by atoms with Gasteiger partial charge in [0, 0.05) is 11.8 Å². The lowest BCUT2D eigenvalue weighted by Gasteiger charge is -2.16. The summed E-state index contributed by atoms with van der Waals surface area (Å²) in [5, 5.41) is 3.61. The van der Waals surface area contributed by atoms with Gasteiger partial charge >= 0.3 is 11.9 Å². The maximum absolute atomic E-state index is 12.3. The number of hydrogen-bond acceptors (Lipinski definition) is 6. The number of fused-ring (bicyclic) bond motifs is 1. The van der Waals surface area contributed by atoms with Crippen LogP contribution in [0.15, 0.2) is 60.7 Å². The van der Waals surface area contributed by atoms with Crippen LogP contribution in [0, 0.1) is 0 Å². The predicted octanol–water partition coefficient (Wildman–Crippen LogP) is 2.95. The Hall–Kier alpha value is -3.45. The van der Waals surface area contributed by atoms with E-state index in [0.717, 1.165) is 5.56 Å². The van der Waals surface area contributed by atoms with Crippen LogP contribution in [0.25, 0.3) is 10.9 Å². The first-order valence-corrected chi connectivity index (χ1v) is 9.48. The van der Waals surface area contributed by atoms with E-state index in [1.807, 2.05) is 30.3 Å². The molecule has 1 amide bonds. The molecule has 0 aliphatic carbocycles. The number of rotatable bonds is 7. The van der Waals surface area contributed by atoms with E-state index in [2.05, 4.69) is 10.3 Å². The molecule has 0 saturated carbocycles. The third-order valence-electron chi connectivity index (χ3n) is 4.33. The molecule has 0 radical (unpaired) electrons. The number of hydrogen-bond donors (Lipinski definition) is 1. The zero-order valence-corrected chi connectivity index (χ0v) is 16.9. The van der Waals surface area contributed by atoms with Gasteiger partial charge in [0.25, 0.3) is 5.91 Å². The molecule has 0 saturated heterocycles. The molecule has 7 nitrogen and oxygen atoms in total. The quantitative estimate of drug-likeness (QED) is 0.461.